The molecule has 24 heavy (non-hydrogen) atoms. The summed E-state index contributed by atoms with van der Waals surface area (Å²) in [6.45, 7) is 0. The van der Waals surface area contributed by atoms with Crippen molar-refractivity contribution < 1.29 is 23.8 Å². The van der Waals surface area contributed by atoms with Gasteiger partial charge in [0.05, 0.1) is 25.9 Å². The van der Waals surface area contributed by atoms with Crippen molar-refractivity contribution in [3.63, 3.8) is 0 Å². The fourth-order valence-electron chi connectivity index (χ4n) is 2.49. The molecule has 1 N–H and O–H groups in total. The van der Waals surface area contributed by atoms with Gasteiger partial charge in [0.15, 0.2) is 17.1 Å². The Kier molecular flexibility index (Phi) is 4.20. The second-order valence-electron chi connectivity index (χ2n) is 4.94. The van der Waals surface area contributed by atoms with Gasteiger partial charge in [0, 0.05) is 12.4 Å². The average Bonchev–Trinajstić information content (AvgIpc) is 3.08. The summed E-state index contributed by atoms with van der Waals surface area (Å²) in [6.07, 6.45) is 7.67. The lowest BCUT2D eigenvalue weighted by atomic mass is 10.0. The van der Waals surface area contributed by atoms with Crippen molar-refractivity contribution in [3.8, 4) is 17.2 Å². The summed E-state index contributed by atoms with van der Waals surface area (Å²) in [5, 5.41) is 11.0. The van der Waals surface area contributed by atoms with Crippen LogP contribution < -0.4 is 9.47 Å². The van der Waals surface area contributed by atoms with Gasteiger partial charge in [0.1, 0.15) is 11.3 Å². The number of ketones is 1. The summed E-state index contributed by atoms with van der Waals surface area (Å²) < 4.78 is 15.8. The molecular weight excluding hydrogens is 310 g/mol. The lowest BCUT2D eigenvalue weighted by Gasteiger charge is -2.12. The van der Waals surface area contributed by atoms with E-state index in [9.17, 15) is 9.90 Å². The Labute approximate surface area is 138 Å². The Bertz CT molecular complexity index is 912. The van der Waals surface area contributed by atoms with Gasteiger partial charge in [-0.15, -0.1) is 0 Å². The Balaban J connectivity index is 2.12. The molecule has 0 saturated heterocycles. The molecule has 2 aromatic heterocycles. The van der Waals surface area contributed by atoms with Crippen molar-refractivity contribution in [2.75, 3.05) is 14.2 Å². The zero-order valence-electron chi connectivity index (χ0n) is 13.1. The van der Waals surface area contributed by atoms with Gasteiger partial charge >= 0.3 is 0 Å². The SMILES string of the molecule is COc1c(C(=O)C=Cc2cccnc2)c(O)c(OC)c2occc12. The highest BCUT2D eigenvalue weighted by atomic mass is 16.5. The molecule has 0 unspecified atom stereocenters. The van der Waals surface area contributed by atoms with E-state index in [1.54, 1.807) is 30.6 Å². The highest BCUT2D eigenvalue weighted by Gasteiger charge is 2.26. The number of fused-ring (bicyclic) bond motifs is 1. The van der Waals surface area contributed by atoms with Gasteiger partial charge in [-0.25, -0.2) is 0 Å². The third-order valence-electron chi connectivity index (χ3n) is 3.56. The maximum absolute atomic E-state index is 12.6. The third-order valence-corrected chi connectivity index (χ3v) is 3.56. The quantitative estimate of drug-likeness (QED) is 0.571. The van der Waals surface area contributed by atoms with Crippen LogP contribution in [-0.2, 0) is 0 Å². The van der Waals surface area contributed by atoms with E-state index in [4.69, 9.17) is 13.9 Å². The number of phenolic OH excluding ortho intramolecular Hbond substituents is 1. The van der Waals surface area contributed by atoms with E-state index in [0.29, 0.717) is 11.0 Å². The molecule has 0 aliphatic rings. The van der Waals surface area contributed by atoms with Crippen LogP contribution in [0.4, 0.5) is 0 Å². The van der Waals surface area contributed by atoms with Gasteiger partial charge in [-0.2, -0.15) is 0 Å². The van der Waals surface area contributed by atoms with Crippen LogP contribution >= 0.6 is 0 Å². The second-order valence-corrected chi connectivity index (χ2v) is 4.94. The summed E-state index contributed by atoms with van der Waals surface area (Å²) in [5.41, 5.74) is 1.10. The number of benzene rings is 1. The van der Waals surface area contributed by atoms with Crippen molar-refractivity contribution >= 4 is 22.8 Å². The molecule has 1 aromatic carbocycles. The number of phenols is 1. The van der Waals surface area contributed by atoms with Crippen LogP contribution in [0.2, 0.25) is 0 Å². The summed E-state index contributed by atoms with van der Waals surface area (Å²) in [4.78, 5) is 16.6. The van der Waals surface area contributed by atoms with Crippen molar-refractivity contribution in [2.24, 2.45) is 0 Å². The van der Waals surface area contributed by atoms with Crippen LogP contribution in [-0.4, -0.2) is 30.1 Å². The maximum atomic E-state index is 12.6. The van der Waals surface area contributed by atoms with Crippen LogP contribution in [0.5, 0.6) is 17.2 Å². The van der Waals surface area contributed by atoms with E-state index in [1.165, 1.54) is 26.6 Å². The first-order chi connectivity index (χ1) is 11.7. The fraction of sp³-hybridized carbons (Fsp3) is 0.111. The number of rotatable bonds is 5. The van der Waals surface area contributed by atoms with Crippen LogP contribution in [0, 0.1) is 0 Å². The first kappa shape index (κ1) is 15.6. The van der Waals surface area contributed by atoms with E-state index in [-0.39, 0.29) is 22.8 Å². The van der Waals surface area contributed by atoms with Crippen LogP contribution in [0.1, 0.15) is 15.9 Å². The molecule has 0 atom stereocenters. The number of aromatic nitrogens is 1. The monoisotopic (exact) mass is 325 g/mol. The molecule has 0 amide bonds. The topological polar surface area (TPSA) is 81.8 Å². The number of aromatic hydroxyl groups is 1. The van der Waals surface area contributed by atoms with Gasteiger partial charge in [-0.1, -0.05) is 6.07 Å². The van der Waals surface area contributed by atoms with Crippen molar-refractivity contribution in [2.45, 2.75) is 0 Å². The normalized spacial score (nSPS) is 11.1. The number of hydrogen-bond donors (Lipinski definition) is 1. The molecule has 0 bridgehead atoms. The zero-order chi connectivity index (χ0) is 17.1. The Morgan fingerprint density at radius 1 is 1.25 bits per heavy atom. The Morgan fingerprint density at radius 3 is 2.71 bits per heavy atom. The summed E-state index contributed by atoms with van der Waals surface area (Å²) in [6, 6.07) is 5.23. The Morgan fingerprint density at radius 2 is 2.04 bits per heavy atom. The summed E-state index contributed by atoms with van der Waals surface area (Å²) >= 11 is 0. The number of hydrogen-bond acceptors (Lipinski definition) is 6. The molecule has 2 heterocycles. The van der Waals surface area contributed by atoms with Gasteiger partial charge < -0.3 is 19.0 Å². The first-order valence-corrected chi connectivity index (χ1v) is 7.14. The van der Waals surface area contributed by atoms with Gasteiger partial charge in [0.25, 0.3) is 0 Å². The highest BCUT2D eigenvalue weighted by Crippen LogP contribution is 2.45. The summed E-state index contributed by atoms with van der Waals surface area (Å²) in [7, 11) is 2.82. The van der Waals surface area contributed by atoms with E-state index < -0.39 is 5.78 Å². The van der Waals surface area contributed by atoms with Gasteiger partial charge in [-0.3, -0.25) is 9.78 Å². The van der Waals surface area contributed by atoms with E-state index >= 15 is 0 Å². The van der Waals surface area contributed by atoms with Gasteiger partial charge in [0.2, 0.25) is 5.75 Å². The molecule has 0 spiro atoms. The number of carbonyl (C=O) groups is 1. The molecule has 122 valence electrons. The third kappa shape index (κ3) is 2.58. The number of carbonyl (C=O) groups excluding carboxylic acids is 1. The first-order valence-electron chi connectivity index (χ1n) is 7.14. The van der Waals surface area contributed by atoms with Crippen molar-refractivity contribution in [1.82, 2.24) is 4.98 Å². The second kappa shape index (κ2) is 6.45. The lowest BCUT2D eigenvalue weighted by molar-refractivity contribution is 0.104. The number of furan rings is 1. The molecule has 0 radical (unpaired) electrons. The van der Waals surface area contributed by atoms with Crippen molar-refractivity contribution in [1.29, 1.82) is 0 Å². The summed E-state index contributed by atoms with van der Waals surface area (Å²) in [5.74, 6) is -0.418. The average molecular weight is 325 g/mol. The standard InChI is InChI=1S/C18H15NO5/c1-22-16-12-7-9-24-17(12)18(23-2)15(21)14(16)13(20)6-5-11-4-3-8-19-10-11/h3-10,21H,1-2H3. The Hall–Kier alpha value is -3.28. The molecule has 0 aliphatic carbocycles. The molecule has 6 nitrogen and oxygen atoms in total. The minimum Gasteiger partial charge on any atom is -0.504 e. The zero-order valence-corrected chi connectivity index (χ0v) is 13.1. The predicted octanol–water partition coefficient (Wildman–Crippen LogP) is 3.45. The molecule has 3 rings (SSSR count). The fourth-order valence-corrected chi connectivity index (χ4v) is 2.49. The molecule has 6 heteroatoms. The number of methoxy groups -OCH3 is 2. The molecular formula is C18H15NO5. The maximum Gasteiger partial charge on any atom is 0.205 e. The molecule has 0 saturated carbocycles. The number of allylic oxidation sites excluding steroid dienone is 1. The predicted molar refractivity (Wildman–Crippen MR) is 88.6 cm³/mol. The van der Waals surface area contributed by atoms with E-state index in [0.717, 1.165) is 5.56 Å². The van der Waals surface area contributed by atoms with E-state index in [2.05, 4.69) is 4.98 Å². The van der Waals surface area contributed by atoms with Crippen molar-refractivity contribution in [3.05, 3.63) is 54.1 Å². The lowest BCUT2D eigenvalue weighted by Crippen LogP contribution is -2.02. The minimum absolute atomic E-state index is 0.0170. The number of ether oxygens (including phenoxy) is 2. The minimum atomic E-state index is -0.422. The highest BCUT2D eigenvalue weighted by molar-refractivity contribution is 6.15. The van der Waals surface area contributed by atoms with E-state index in [1.807, 2.05) is 6.07 Å². The smallest absolute Gasteiger partial charge is 0.205 e. The largest absolute Gasteiger partial charge is 0.504 e. The van der Waals surface area contributed by atoms with Crippen LogP contribution in [0.25, 0.3) is 17.0 Å². The van der Waals surface area contributed by atoms with Crippen LogP contribution in [0.3, 0.4) is 0 Å². The van der Waals surface area contributed by atoms with Crippen LogP contribution in [0.15, 0.2) is 47.3 Å². The van der Waals surface area contributed by atoms with Gasteiger partial charge in [-0.05, 0) is 29.8 Å². The molecule has 0 aliphatic heterocycles. The number of nitrogens with zero attached hydrogens (tertiary/aromatic N) is 1. The molecule has 0 fully saturated rings. The number of pyridine rings is 1. The molecule has 3 aromatic rings.